The predicted octanol–water partition coefficient (Wildman–Crippen LogP) is 3.65. The topological polar surface area (TPSA) is 66.9 Å². The Morgan fingerprint density at radius 3 is 2.17 bits per heavy atom. The highest BCUT2D eigenvalue weighted by atomic mass is 35.5. The van der Waals surface area contributed by atoms with Gasteiger partial charge in [-0.25, -0.2) is 0 Å². The summed E-state index contributed by atoms with van der Waals surface area (Å²) in [5.41, 5.74) is 0.394. The largest absolute Gasteiger partial charge is 0.466 e. The van der Waals surface area contributed by atoms with Crippen molar-refractivity contribution in [2.75, 3.05) is 32.8 Å². The van der Waals surface area contributed by atoms with Crippen LogP contribution in [0, 0.1) is 11.8 Å². The molecule has 2 amide bonds. The second kappa shape index (κ2) is 9.81. The van der Waals surface area contributed by atoms with Gasteiger partial charge in [0.15, 0.2) is 0 Å². The molecule has 0 bridgehead atoms. The zero-order chi connectivity index (χ0) is 21.0. The molecule has 0 aromatic heterocycles. The number of carbonyl (C=O) groups excluding carboxylic acids is 3. The third-order valence-corrected chi connectivity index (χ3v) is 6.28. The lowest BCUT2D eigenvalue weighted by atomic mass is 9.92. The first kappa shape index (κ1) is 21.9. The molecule has 0 saturated carbocycles. The zero-order valence-electron chi connectivity index (χ0n) is 16.5. The first-order valence-corrected chi connectivity index (χ1v) is 10.9. The van der Waals surface area contributed by atoms with Crippen LogP contribution < -0.4 is 0 Å². The van der Waals surface area contributed by atoms with Gasteiger partial charge in [-0.1, -0.05) is 23.2 Å². The van der Waals surface area contributed by atoms with Crippen LogP contribution in [0.3, 0.4) is 0 Å². The van der Waals surface area contributed by atoms with Gasteiger partial charge in [0.25, 0.3) is 5.91 Å². The van der Waals surface area contributed by atoms with E-state index in [1.807, 2.05) is 4.90 Å². The van der Waals surface area contributed by atoms with Gasteiger partial charge in [0, 0.05) is 37.1 Å². The zero-order valence-corrected chi connectivity index (χ0v) is 18.0. The van der Waals surface area contributed by atoms with Gasteiger partial charge in [-0.2, -0.15) is 0 Å². The summed E-state index contributed by atoms with van der Waals surface area (Å²) in [6.45, 7) is 4.37. The minimum Gasteiger partial charge on any atom is -0.466 e. The number of ether oxygens (including phenoxy) is 1. The SMILES string of the molecule is CCOC(=O)C1CCN(C(=O)C2CCN(C(=O)c3cc(Cl)ccc3Cl)CC2)CC1. The summed E-state index contributed by atoms with van der Waals surface area (Å²) in [5, 5.41) is 0.844. The van der Waals surface area contributed by atoms with Crippen molar-refractivity contribution in [3.63, 3.8) is 0 Å². The Kier molecular flexibility index (Phi) is 7.41. The maximum Gasteiger partial charge on any atom is 0.309 e. The number of hydrogen-bond donors (Lipinski definition) is 0. The van der Waals surface area contributed by atoms with Gasteiger partial charge in [-0.15, -0.1) is 0 Å². The fourth-order valence-corrected chi connectivity index (χ4v) is 4.39. The number of rotatable bonds is 4. The van der Waals surface area contributed by atoms with Gasteiger partial charge < -0.3 is 14.5 Å². The molecule has 1 aromatic carbocycles. The summed E-state index contributed by atoms with van der Waals surface area (Å²) < 4.78 is 5.08. The number of likely N-dealkylation sites (tertiary alicyclic amines) is 2. The molecule has 0 atom stereocenters. The van der Waals surface area contributed by atoms with Crippen LogP contribution in [0.4, 0.5) is 0 Å². The normalized spacial score (nSPS) is 18.6. The van der Waals surface area contributed by atoms with E-state index in [0.29, 0.717) is 74.1 Å². The van der Waals surface area contributed by atoms with E-state index in [-0.39, 0.29) is 29.6 Å². The molecule has 2 aliphatic rings. The average Bonchev–Trinajstić information content (AvgIpc) is 2.75. The second-order valence-corrected chi connectivity index (χ2v) is 8.39. The molecular formula is C21H26Cl2N2O4. The van der Waals surface area contributed by atoms with E-state index in [4.69, 9.17) is 27.9 Å². The van der Waals surface area contributed by atoms with Crippen LogP contribution in [0.5, 0.6) is 0 Å². The Morgan fingerprint density at radius 2 is 1.55 bits per heavy atom. The molecule has 0 spiro atoms. The molecule has 0 aliphatic carbocycles. The van der Waals surface area contributed by atoms with Crippen molar-refractivity contribution in [1.29, 1.82) is 0 Å². The third kappa shape index (κ3) is 5.23. The summed E-state index contributed by atoms with van der Waals surface area (Å²) in [4.78, 5) is 41.1. The number of carbonyl (C=O) groups is 3. The van der Waals surface area contributed by atoms with Crippen LogP contribution in [-0.2, 0) is 14.3 Å². The molecular weight excluding hydrogens is 415 g/mol. The Hall–Kier alpha value is -1.79. The Morgan fingerprint density at radius 1 is 0.966 bits per heavy atom. The molecule has 6 nitrogen and oxygen atoms in total. The minimum absolute atomic E-state index is 0.0898. The van der Waals surface area contributed by atoms with Crippen LogP contribution in [-0.4, -0.2) is 60.4 Å². The molecule has 3 rings (SSSR count). The van der Waals surface area contributed by atoms with Gasteiger partial charge in [0.05, 0.1) is 23.1 Å². The van der Waals surface area contributed by atoms with Crippen LogP contribution in [0.1, 0.15) is 43.0 Å². The fourth-order valence-electron chi connectivity index (χ4n) is 4.02. The molecule has 2 saturated heterocycles. The third-order valence-electron chi connectivity index (χ3n) is 5.72. The number of amides is 2. The smallest absolute Gasteiger partial charge is 0.309 e. The first-order chi connectivity index (χ1) is 13.9. The maximum atomic E-state index is 12.9. The Labute approximate surface area is 181 Å². The van der Waals surface area contributed by atoms with Crippen molar-refractivity contribution >= 4 is 41.0 Å². The lowest BCUT2D eigenvalue weighted by Crippen LogP contribution is -2.47. The number of piperidine rings is 2. The molecule has 1 aromatic rings. The molecule has 0 N–H and O–H groups in total. The molecule has 158 valence electrons. The summed E-state index contributed by atoms with van der Waals surface area (Å²) in [6.07, 6.45) is 2.55. The van der Waals surface area contributed by atoms with Gasteiger partial charge in [-0.3, -0.25) is 14.4 Å². The summed E-state index contributed by atoms with van der Waals surface area (Å²) in [6, 6.07) is 4.85. The van der Waals surface area contributed by atoms with Crippen molar-refractivity contribution in [1.82, 2.24) is 9.80 Å². The minimum atomic E-state index is -0.161. The predicted molar refractivity (Wildman–Crippen MR) is 111 cm³/mol. The molecule has 29 heavy (non-hydrogen) atoms. The lowest BCUT2D eigenvalue weighted by molar-refractivity contribution is -0.152. The van der Waals surface area contributed by atoms with Crippen LogP contribution in [0.15, 0.2) is 18.2 Å². The number of nitrogens with zero attached hydrogens (tertiary/aromatic N) is 2. The quantitative estimate of drug-likeness (QED) is 0.670. The van der Waals surface area contributed by atoms with Gasteiger partial charge in [0.2, 0.25) is 5.91 Å². The van der Waals surface area contributed by atoms with Crippen molar-refractivity contribution in [2.45, 2.75) is 32.6 Å². The Bertz CT molecular complexity index is 770. The number of hydrogen-bond acceptors (Lipinski definition) is 4. The second-order valence-electron chi connectivity index (χ2n) is 7.54. The van der Waals surface area contributed by atoms with E-state index in [1.165, 1.54) is 0 Å². The first-order valence-electron chi connectivity index (χ1n) is 10.1. The standard InChI is InChI=1S/C21H26Cl2N2O4/c1-2-29-21(28)15-7-11-24(12-8-15)19(26)14-5-9-25(10-6-14)20(27)17-13-16(22)3-4-18(17)23/h3-4,13-15H,2,5-12H2,1H3. The summed E-state index contributed by atoms with van der Waals surface area (Å²) >= 11 is 12.1. The van der Waals surface area contributed by atoms with Crippen molar-refractivity contribution in [3.8, 4) is 0 Å². The van der Waals surface area contributed by atoms with E-state index >= 15 is 0 Å². The van der Waals surface area contributed by atoms with E-state index < -0.39 is 0 Å². The van der Waals surface area contributed by atoms with Crippen LogP contribution >= 0.6 is 23.2 Å². The Balaban J connectivity index is 1.50. The number of esters is 1. The highest BCUT2D eigenvalue weighted by Gasteiger charge is 2.34. The monoisotopic (exact) mass is 440 g/mol. The average molecular weight is 441 g/mol. The van der Waals surface area contributed by atoms with E-state index in [0.717, 1.165) is 0 Å². The van der Waals surface area contributed by atoms with Gasteiger partial charge in [0.1, 0.15) is 0 Å². The summed E-state index contributed by atoms with van der Waals surface area (Å²) in [7, 11) is 0. The van der Waals surface area contributed by atoms with E-state index in [1.54, 1.807) is 30.0 Å². The van der Waals surface area contributed by atoms with Crippen LogP contribution in [0.25, 0.3) is 0 Å². The molecule has 0 radical (unpaired) electrons. The number of benzene rings is 1. The molecule has 2 heterocycles. The fraction of sp³-hybridized carbons (Fsp3) is 0.571. The molecule has 2 fully saturated rings. The molecule has 2 aliphatic heterocycles. The maximum absolute atomic E-state index is 12.9. The molecule has 8 heteroatoms. The van der Waals surface area contributed by atoms with Crippen LogP contribution in [0.2, 0.25) is 10.0 Å². The van der Waals surface area contributed by atoms with Gasteiger partial charge >= 0.3 is 5.97 Å². The lowest BCUT2D eigenvalue weighted by Gasteiger charge is -2.37. The van der Waals surface area contributed by atoms with E-state index in [9.17, 15) is 14.4 Å². The van der Waals surface area contributed by atoms with Crippen molar-refractivity contribution in [2.24, 2.45) is 11.8 Å². The van der Waals surface area contributed by atoms with Crippen molar-refractivity contribution in [3.05, 3.63) is 33.8 Å². The van der Waals surface area contributed by atoms with Gasteiger partial charge in [-0.05, 0) is 50.8 Å². The van der Waals surface area contributed by atoms with Crippen molar-refractivity contribution < 1.29 is 19.1 Å². The number of halogens is 2. The highest BCUT2D eigenvalue weighted by Crippen LogP contribution is 2.27. The highest BCUT2D eigenvalue weighted by molar-refractivity contribution is 6.35. The molecule has 0 unspecified atom stereocenters. The summed E-state index contributed by atoms with van der Waals surface area (Å²) in [5.74, 6) is -0.390. The van der Waals surface area contributed by atoms with E-state index in [2.05, 4.69) is 0 Å².